The zero-order valence-corrected chi connectivity index (χ0v) is 11.7. The van der Waals surface area contributed by atoms with Gasteiger partial charge < -0.3 is 9.64 Å². The van der Waals surface area contributed by atoms with E-state index in [9.17, 15) is 10.1 Å². The van der Waals surface area contributed by atoms with Crippen molar-refractivity contribution in [3.05, 3.63) is 29.8 Å². The molecule has 0 aliphatic heterocycles. The van der Waals surface area contributed by atoms with Crippen molar-refractivity contribution in [2.24, 2.45) is 0 Å². The number of hydrogen-bond donors (Lipinski definition) is 0. The first kappa shape index (κ1) is 15.0. The van der Waals surface area contributed by atoms with Crippen molar-refractivity contribution in [3.8, 4) is 11.8 Å². The first-order chi connectivity index (χ1) is 9.15. The first-order valence-corrected chi connectivity index (χ1v) is 6.47. The molecular formula is C15H20N2O2. The zero-order chi connectivity index (χ0) is 14.3. The second-order valence-corrected chi connectivity index (χ2v) is 4.23. The minimum absolute atomic E-state index is 0.0133. The molecule has 4 nitrogen and oxygen atoms in total. The molecule has 0 spiro atoms. The average Bonchev–Trinajstić information content (AvgIpc) is 2.46. The third-order valence-corrected chi connectivity index (χ3v) is 3.15. The Balaban J connectivity index is 2.83. The number of nitrogens with zero attached hydrogens (tertiary/aromatic N) is 2. The molecule has 1 amide bonds. The van der Waals surface area contributed by atoms with Crippen LogP contribution in [0.1, 0.15) is 31.7 Å². The van der Waals surface area contributed by atoms with Gasteiger partial charge in [-0.25, -0.2) is 0 Å². The van der Waals surface area contributed by atoms with E-state index in [1.165, 1.54) is 0 Å². The van der Waals surface area contributed by atoms with Gasteiger partial charge in [0, 0.05) is 19.5 Å². The van der Waals surface area contributed by atoms with Gasteiger partial charge in [0.15, 0.2) is 0 Å². The number of hydrogen-bond acceptors (Lipinski definition) is 3. The van der Waals surface area contributed by atoms with Gasteiger partial charge in [-0.1, -0.05) is 12.1 Å². The first-order valence-electron chi connectivity index (χ1n) is 6.47. The fourth-order valence-corrected chi connectivity index (χ4v) is 1.98. The highest BCUT2D eigenvalue weighted by atomic mass is 16.5. The second-order valence-electron chi connectivity index (χ2n) is 4.23. The molecule has 4 heteroatoms. The SMILES string of the molecule is CCN(CC)C(=O)CC(C#N)c1cccc(OC)c1. The summed E-state index contributed by atoms with van der Waals surface area (Å²) in [6, 6.07) is 9.52. The highest BCUT2D eigenvalue weighted by Gasteiger charge is 2.19. The summed E-state index contributed by atoms with van der Waals surface area (Å²) in [5.41, 5.74) is 0.822. The van der Waals surface area contributed by atoms with Crippen LogP contribution in [0, 0.1) is 11.3 Å². The van der Waals surface area contributed by atoms with Crippen LogP contribution < -0.4 is 4.74 Å². The minimum atomic E-state index is -0.428. The van der Waals surface area contributed by atoms with Crippen molar-refractivity contribution < 1.29 is 9.53 Å². The van der Waals surface area contributed by atoms with Crippen molar-refractivity contribution in [2.75, 3.05) is 20.2 Å². The van der Waals surface area contributed by atoms with E-state index >= 15 is 0 Å². The molecule has 1 atom stereocenters. The summed E-state index contributed by atoms with van der Waals surface area (Å²) in [4.78, 5) is 13.8. The average molecular weight is 260 g/mol. The minimum Gasteiger partial charge on any atom is -0.497 e. The lowest BCUT2D eigenvalue weighted by atomic mass is 9.96. The fraction of sp³-hybridized carbons (Fsp3) is 0.467. The van der Waals surface area contributed by atoms with E-state index in [0.717, 1.165) is 5.56 Å². The number of carbonyl (C=O) groups excluding carboxylic acids is 1. The van der Waals surface area contributed by atoms with Crippen LogP contribution in [0.5, 0.6) is 5.75 Å². The molecular weight excluding hydrogens is 240 g/mol. The van der Waals surface area contributed by atoms with E-state index in [1.54, 1.807) is 12.0 Å². The van der Waals surface area contributed by atoms with Crippen LogP contribution in [0.15, 0.2) is 24.3 Å². The third kappa shape index (κ3) is 3.99. The molecule has 0 saturated heterocycles. The van der Waals surface area contributed by atoms with E-state index in [2.05, 4.69) is 6.07 Å². The number of nitriles is 1. The summed E-state index contributed by atoms with van der Waals surface area (Å²) in [7, 11) is 1.58. The Morgan fingerprint density at radius 3 is 2.63 bits per heavy atom. The second kappa shape index (κ2) is 7.42. The predicted molar refractivity (Wildman–Crippen MR) is 73.9 cm³/mol. The Kier molecular flexibility index (Phi) is 5.87. The smallest absolute Gasteiger partial charge is 0.224 e. The van der Waals surface area contributed by atoms with Crippen molar-refractivity contribution in [1.82, 2.24) is 4.90 Å². The van der Waals surface area contributed by atoms with Crippen LogP contribution in [0.2, 0.25) is 0 Å². The van der Waals surface area contributed by atoms with Gasteiger partial charge in [-0.05, 0) is 31.5 Å². The van der Waals surface area contributed by atoms with Gasteiger partial charge in [0.1, 0.15) is 5.75 Å². The number of amides is 1. The Morgan fingerprint density at radius 2 is 2.11 bits per heavy atom. The van der Waals surface area contributed by atoms with Crippen LogP contribution >= 0.6 is 0 Å². The number of ether oxygens (including phenoxy) is 1. The molecule has 0 aliphatic carbocycles. The van der Waals surface area contributed by atoms with Crippen LogP contribution in [0.4, 0.5) is 0 Å². The lowest BCUT2D eigenvalue weighted by Gasteiger charge is -2.20. The molecule has 0 heterocycles. The topological polar surface area (TPSA) is 53.3 Å². The maximum Gasteiger partial charge on any atom is 0.224 e. The van der Waals surface area contributed by atoms with Gasteiger partial charge in [0.05, 0.1) is 19.1 Å². The molecule has 19 heavy (non-hydrogen) atoms. The monoisotopic (exact) mass is 260 g/mol. The molecule has 1 aromatic rings. The van der Waals surface area contributed by atoms with Gasteiger partial charge in [-0.2, -0.15) is 5.26 Å². The molecule has 0 N–H and O–H groups in total. The highest BCUT2D eigenvalue weighted by Crippen LogP contribution is 2.23. The lowest BCUT2D eigenvalue weighted by Crippen LogP contribution is -2.31. The number of methoxy groups -OCH3 is 1. The van der Waals surface area contributed by atoms with Crippen LogP contribution in [0.25, 0.3) is 0 Å². The van der Waals surface area contributed by atoms with Crippen molar-refractivity contribution in [1.29, 1.82) is 5.26 Å². The summed E-state index contributed by atoms with van der Waals surface area (Å²) in [5.74, 6) is 0.288. The predicted octanol–water partition coefficient (Wildman–Crippen LogP) is 2.56. The van der Waals surface area contributed by atoms with Gasteiger partial charge in [0.25, 0.3) is 0 Å². The van der Waals surface area contributed by atoms with Crippen molar-refractivity contribution in [3.63, 3.8) is 0 Å². The van der Waals surface area contributed by atoms with Crippen LogP contribution in [0.3, 0.4) is 0 Å². The normalized spacial score (nSPS) is 11.5. The largest absolute Gasteiger partial charge is 0.497 e. The highest BCUT2D eigenvalue weighted by molar-refractivity contribution is 5.77. The van der Waals surface area contributed by atoms with Gasteiger partial charge in [-0.3, -0.25) is 4.79 Å². The molecule has 0 radical (unpaired) electrons. The molecule has 0 fully saturated rings. The molecule has 102 valence electrons. The van der Waals surface area contributed by atoms with Crippen LogP contribution in [-0.2, 0) is 4.79 Å². The number of carbonyl (C=O) groups is 1. The van der Waals surface area contributed by atoms with E-state index < -0.39 is 5.92 Å². The van der Waals surface area contributed by atoms with E-state index in [-0.39, 0.29) is 12.3 Å². The Labute approximate surface area is 114 Å². The van der Waals surface area contributed by atoms with Crippen molar-refractivity contribution >= 4 is 5.91 Å². The molecule has 0 aromatic heterocycles. The summed E-state index contributed by atoms with van der Waals surface area (Å²) in [5, 5.41) is 9.26. The summed E-state index contributed by atoms with van der Waals surface area (Å²) < 4.78 is 5.14. The standard InChI is InChI=1S/C15H20N2O2/c1-4-17(5-2)15(18)10-13(11-16)12-7-6-8-14(9-12)19-3/h6-9,13H,4-5,10H2,1-3H3. The summed E-state index contributed by atoms with van der Waals surface area (Å²) >= 11 is 0. The van der Waals surface area contributed by atoms with Gasteiger partial charge in [-0.15, -0.1) is 0 Å². The Hall–Kier alpha value is -2.02. The molecule has 1 unspecified atom stereocenters. The maximum atomic E-state index is 12.0. The van der Waals surface area contributed by atoms with E-state index in [4.69, 9.17) is 4.74 Å². The zero-order valence-electron chi connectivity index (χ0n) is 11.7. The maximum absolute atomic E-state index is 12.0. The number of rotatable bonds is 6. The fourth-order valence-electron chi connectivity index (χ4n) is 1.98. The molecule has 1 aromatic carbocycles. The molecule has 1 rings (SSSR count). The quantitative estimate of drug-likeness (QED) is 0.790. The van der Waals surface area contributed by atoms with Crippen LogP contribution in [-0.4, -0.2) is 31.0 Å². The molecule has 0 bridgehead atoms. The third-order valence-electron chi connectivity index (χ3n) is 3.15. The Bertz CT molecular complexity index is 461. The number of benzene rings is 1. The van der Waals surface area contributed by atoms with E-state index in [1.807, 2.05) is 38.1 Å². The van der Waals surface area contributed by atoms with Gasteiger partial charge in [0.2, 0.25) is 5.91 Å². The summed E-state index contributed by atoms with van der Waals surface area (Å²) in [6.07, 6.45) is 0.214. The Morgan fingerprint density at radius 1 is 1.42 bits per heavy atom. The lowest BCUT2D eigenvalue weighted by molar-refractivity contribution is -0.130. The van der Waals surface area contributed by atoms with E-state index in [0.29, 0.717) is 18.8 Å². The van der Waals surface area contributed by atoms with Crippen molar-refractivity contribution in [2.45, 2.75) is 26.2 Å². The molecule has 0 aliphatic rings. The molecule has 0 saturated carbocycles. The summed E-state index contributed by atoms with van der Waals surface area (Å²) in [6.45, 7) is 5.22. The van der Waals surface area contributed by atoms with Gasteiger partial charge >= 0.3 is 0 Å².